The highest BCUT2D eigenvalue weighted by atomic mass is 32.2. The van der Waals surface area contributed by atoms with Gasteiger partial charge in [0, 0.05) is 17.0 Å². The number of carbonyl (C=O) groups excluding carboxylic acids is 1. The van der Waals surface area contributed by atoms with Gasteiger partial charge in [-0.1, -0.05) is 6.42 Å². The molecule has 0 heterocycles. The van der Waals surface area contributed by atoms with E-state index in [1.807, 2.05) is 0 Å². The summed E-state index contributed by atoms with van der Waals surface area (Å²) in [6.45, 7) is 0. The number of carbonyl (C=O) groups is 1. The lowest BCUT2D eigenvalue weighted by Crippen LogP contribution is -2.38. The monoisotopic (exact) mass is 266 g/mol. The van der Waals surface area contributed by atoms with E-state index in [0.717, 1.165) is 19.3 Å². The lowest BCUT2D eigenvalue weighted by atomic mass is 10.1. The minimum absolute atomic E-state index is 0.0576. The number of nitrogens with two attached hydrogens (primary N) is 1. The SMILES string of the molecule is CSC1CCCC1NC(=O)c1cc(O)ccc1N. The first-order valence-electron chi connectivity index (χ1n) is 6.04. The van der Waals surface area contributed by atoms with Gasteiger partial charge in [0.15, 0.2) is 0 Å². The third kappa shape index (κ3) is 2.72. The van der Waals surface area contributed by atoms with Crippen LogP contribution in [0, 0.1) is 0 Å². The topological polar surface area (TPSA) is 75.3 Å². The molecule has 5 heteroatoms. The van der Waals surface area contributed by atoms with Crippen molar-refractivity contribution in [1.82, 2.24) is 5.32 Å². The van der Waals surface area contributed by atoms with E-state index in [2.05, 4.69) is 11.6 Å². The molecule has 4 nitrogen and oxygen atoms in total. The molecule has 0 aromatic heterocycles. The molecule has 1 fully saturated rings. The summed E-state index contributed by atoms with van der Waals surface area (Å²) in [6.07, 6.45) is 5.36. The highest BCUT2D eigenvalue weighted by Gasteiger charge is 2.28. The average Bonchev–Trinajstić information content (AvgIpc) is 2.79. The summed E-state index contributed by atoms with van der Waals surface area (Å²) in [4.78, 5) is 12.1. The number of benzene rings is 1. The quantitative estimate of drug-likeness (QED) is 0.577. The van der Waals surface area contributed by atoms with Crippen LogP contribution in [0.2, 0.25) is 0 Å². The zero-order valence-electron chi connectivity index (χ0n) is 10.3. The number of phenols is 1. The van der Waals surface area contributed by atoms with Crippen molar-refractivity contribution in [2.45, 2.75) is 30.6 Å². The number of thioether (sulfide) groups is 1. The molecule has 0 saturated heterocycles. The smallest absolute Gasteiger partial charge is 0.253 e. The third-order valence-corrected chi connectivity index (χ3v) is 4.52. The molecule has 2 unspecified atom stereocenters. The second-order valence-electron chi connectivity index (χ2n) is 4.56. The van der Waals surface area contributed by atoms with Gasteiger partial charge in [-0.05, 0) is 37.3 Å². The Balaban J connectivity index is 2.09. The van der Waals surface area contributed by atoms with Crippen molar-refractivity contribution in [3.05, 3.63) is 23.8 Å². The molecule has 1 aromatic carbocycles. The lowest BCUT2D eigenvalue weighted by Gasteiger charge is -2.19. The van der Waals surface area contributed by atoms with Crippen LogP contribution < -0.4 is 11.1 Å². The summed E-state index contributed by atoms with van der Waals surface area (Å²) >= 11 is 1.79. The molecule has 0 spiro atoms. The first kappa shape index (κ1) is 13.1. The number of amides is 1. The predicted octanol–water partition coefficient (Wildman–Crippen LogP) is 1.99. The molecule has 18 heavy (non-hydrogen) atoms. The van der Waals surface area contributed by atoms with E-state index in [9.17, 15) is 9.90 Å². The summed E-state index contributed by atoms with van der Waals surface area (Å²) in [6, 6.07) is 4.64. The number of nitrogens with one attached hydrogen (secondary N) is 1. The fourth-order valence-electron chi connectivity index (χ4n) is 2.36. The summed E-state index contributed by atoms with van der Waals surface area (Å²) in [5.41, 5.74) is 6.50. The van der Waals surface area contributed by atoms with Crippen LogP contribution in [0.1, 0.15) is 29.6 Å². The van der Waals surface area contributed by atoms with Crippen molar-refractivity contribution >= 4 is 23.4 Å². The normalized spacial score (nSPS) is 22.9. The van der Waals surface area contributed by atoms with Crippen LogP contribution in [-0.4, -0.2) is 28.6 Å². The fourth-order valence-corrected chi connectivity index (χ4v) is 3.30. The van der Waals surface area contributed by atoms with Gasteiger partial charge >= 0.3 is 0 Å². The zero-order valence-corrected chi connectivity index (χ0v) is 11.2. The average molecular weight is 266 g/mol. The van der Waals surface area contributed by atoms with Crippen molar-refractivity contribution in [3.63, 3.8) is 0 Å². The Morgan fingerprint density at radius 3 is 3.00 bits per heavy atom. The van der Waals surface area contributed by atoms with Gasteiger partial charge in [0.1, 0.15) is 5.75 Å². The lowest BCUT2D eigenvalue weighted by molar-refractivity contribution is 0.0939. The van der Waals surface area contributed by atoms with E-state index < -0.39 is 0 Å². The van der Waals surface area contributed by atoms with Crippen molar-refractivity contribution in [1.29, 1.82) is 0 Å². The maximum atomic E-state index is 12.1. The molecule has 2 atom stereocenters. The first-order chi connectivity index (χ1) is 8.61. The second kappa shape index (κ2) is 5.52. The van der Waals surface area contributed by atoms with E-state index in [-0.39, 0.29) is 17.7 Å². The molecule has 0 radical (unpaired) electrons. The van der Waals surface area contributed by atoms with Crippen LogP contribution in [0.15, 0.2) is 18.2 Å². The molecule has 2 rings (SSSR count). The first-order valence-corrected chi connectivity index (χ1v) is 7.32. The molecule has 1 saturated carbocycles. The van der Waals surface area contributed by atoms with Crippen molar-refractivity contribution in [2.75, 3.05) is 12.0 Å². The third-order valence-electron chi connectivity index (χ3n) is 3.35. The predicted molar refractivity (Wildman–Crippen MR) is 74.9 cm³/mol. The summed E-state index contributed by atoms with van der Waals surface area (Å²) < 4.78 is 0. The Morgan fingerprint density at radius 1 is 1.50 bits per heavy atom. The van der Waals surface area contributed by atoms with E-state index >= 15 is 0 Å². The number of phenolic OH excluding ortho intramolecular Hbond substituents is 1. The van der Waals surface area contributed by atoms with Crippen LogP contribution in [-0.2, 0) is 0 Å². The number of hydrogen-bond donors (Lipinski definition) is 3. The molecule has 4 N–H and O–H groups in total. The van der Waals surface area contributed by atoms with Gasteiger partial charge in [-0.3, -0.25) is 4.79 Å². The molecule has 1 aromatic rings. The van der Waals surface area contributed by atoms with E-state index in [1.165, 1.54) is 12.1 Å². The van der Waals surface area contributed by atoms with Gasteiger partial charge in [-0.25, -0.2) is 0 Å². The van der Waals surface area contributed by atoms with Crippen LogP contribution in [0.5, 0.6) is 5.75 Å². The Labute approximate surface area is 111 Å². The Kier molecular flexibility index (Phi) is 4.01. The van der Waals surface area contributed by atoms with Crippen LogP contribution >= 0.6 is 11.8 Å². The Hall–Kier alpha value is -1.36. The van der Waals surface area contributed by atoms with Gasteiger partial charge < -0.3 is 16.2 Å². The standard InChI is InChI=1S/C13H18N2O2S/c1-18-12-4-2-3-11(12)15-13(17)9-7-8(16)5-6-10(9)14/h5-7,11-12,16H,2-4,14H2,1H3,(H,15,17). The number of anilines is 1. The highest BCUT2D eigenvalue weighted by molar-refractivity contribution is 7.99. The fraction of sp³-hybridized carbons (Fsp3) is 0.462. The van der Waals surface area contributed by atoms with Crippen molar-refractivity contribution in [3.8, 4) is 5.75 Å². The van der Waals surface area contributed by atoms with Crippen LogP contribution in [0.3, 0.4) is 0 Å². The molecule has 1 amide bonds. The molecule has 98 valence electrons. The summed E-state index contributed by atoms with van der Waals surface area (Å²) in [5.74, 6) is -0.142. The minimum atomic E-state index is -0.200. The molecule has 1 aliphatic rings. The van der Waals surface area contributed by atoms with Crippen molar-refractivity contribution < 1.29 is 9.90 Å². The molecular formula is C13H18N2O2S. The highest BCUT2D eigenvalue weighted by Crippen LogP contribution is 2.29. The van der Waals surface area contributed by atoms with E-state index in [4.69, 9.17) is 5.73 Å². The van der Waals surface area contributed by atoms with Gasteiger partial charge in [0.05, 0.1) is 5.56 Å². The summed E-state index contributed by atoms with van der Waals surface area (Å²) in [7, 11) is 0. The largest absolute Gasteiger partial charge is 0.508 e. The molecule has 1 aliphatic carbocycles. The molecular weight excluding hydrogens is 248 g/mol. The molecule has 0 aliphatic heterocycles. The van der Waals surface area contributed by atoms with Gasteiger partial charge in [-0.2, -0.15) is 11.8 Å². The second-order valence-corrected chi connectivity index (χ2v) is 5.63. The maximum Gasteiger partial charge on any atom is 0.253 e. The van der Waals surface area contributed by atoms with Gasteiger partial charge in [0.2, 0.25) is 0 Å². The van der Waals surface area contributed by atoms with Crippen LogP contribution in [0.25, 0.3) is 0 Å². The van der Waals surface area contributed by atoms with E-state index in [0.29, 0.717) is 16.5 Å². The number of nitrogen functional groups attached to an aromatic ring is 1. The van der Waals surface area contributed by atoms with E-state index in [1.54, 1.807) is 17.8 Å². The maximum absolute atomic E-state index is 12.1. The molecule has 0 bridgehead atoms. The Morgan fingerprint density at radius 2 is 2.28 bits per heavy atom. The van der Waals surface area contributed by atoms with Crippen LogP contribution in [0.4, 0.5) is 5.69 Å². The number of hydrogen-bond acceptors (Lipinski definition) is 4. The zero-order chi connectivity index (χ0) is 13.1. The summed E-state index contributed by atoms with van der Waals surface area (Å²) in [5, 5.41) is 12.9. The number of aromatic hydroxyl groups is 1. The number of rotatable bonds is 3. The van der Waals surface area contributed by atoms with Gasteiger partial charge in [-0.15, -0.1) is 0 Å². The van der Waals surface area contributed by atoms with Crippen molar-refractivity contribution in [2.24, 2.45) is 0 Å². The minimum Gasteiger partial charge on any atom is -0.508 e. The Bertz CT molecular complexity index is 451. The van der Waals surface area contributed by atoms with Gasteiger partial charge in [0.25, 0.3) is 5.91 Å².